The molecule has 1 heterocycles. The zero-order chi connectivity index (χ0) is 15.5. The first kappa shape index (κ1) is 14.1. The highest BCUT2D eigenvalue weighted by Gasteiger charge is 2.25. The Morgan fingerprint density at radius 1 is 1.41 bits per heavy atom. The van der Waals surface area contributed by atoms with Gasteiger partial charge in [0, 0.05) is 18.0 Å². The molecule has 2 N–H and O–H groups in total. The number of carboxylic acid groups (broad SMARTS) is 1. The minimum absolute atomic E-state index is 0.262. The van der Waals surface area contributed by atoms with Crippen molar-refractivity contribution in [3.8, 4) is 5.75 Å². The van der Waals surface area contributed by atoms with Crippen LogP contribution in [0.4, 0.5) is 5.69 Å². The van der Waals surface area contributed by atoms with Crippen LogP contribution in [-0.4, -0.2) is 33.4 Å². The summed E-state index contributed by atoms with van der Waals surface area (Å²) in [6.45, 7) is -0.425. The van der Waals surface area contributed by atoms with Crippen LogP contribution in [0.5, 0.6) is 5.75 Å². The zero-order valence-corrected chi connectivity index (χ0v) is 11.7. The molecule has 7 nitrogen and oxygen atoms in total. The Bertz CT molecular complexity index is 706. The average molecular weight is 301 g/mol. The van der Waals surface area contributed by atoms with Gasteiger partial charge in [-0.1, -0.05) is 6.07 Å². The molecule has 0 saturated heterocycles. The number of aromatic nitrogens is 2. The van der Waals surface area contributed by atoms with E-state index in [0.29, 0.717) is 23.0 Å². The lowest BCUT2D eigenvalue weighted by molar-refractivity contribution is -0.139. The molecule has 0 unspecified atom stereocenters. The summed E-state index contributed by atoms with van der Waals surface area (Å²) in [5.74, 6) is -0.932. The normalized spacial score (nSPS) is 13.6. The van der Waals surface area contributed by atoms with E-state index in [1.807, 2.05) is 0 Å². The molecular weight excluding hydrogens is 286 g/mol. The first-order chi connectivity index (χ1) is 10.6. The van der Waals surface area contributed by atoms with Crippen LogP contribution in [-0.2, 0) is 4.79 Å². The fourth-order valence-electron chi connectivity index (χ4n) is 2.01. The summed E-state index contributed by atoms with van der Waals surface area (Å²) in [5, 5.41) is 15.5. The lowest BCUT2D eigenvalue weighted by Gasteiger charge is -2.07. The lowest BCUT2D eigenvalue weighted by atomic mass is 10.2. The molecule has 3 rings (SSSR count). The number of nitrogens with one attached hydrogen (secondary N) is 1. The highest BCUT2D eigenvalue weighted by atomic mass is 16.5. The second-order valence-electron chi connectivity index (χ2n) is 5.10. The smallest absolute Gasteiger partial charge is 0.341 e. The van der Waals surface area contributed by atoms with E-state index in [1.54, 1.807) is 41.3 Å². The molecule has 1 aliphatic rings. The topological polar surface area (TPSA) is 93.4 Å². The van der Waals surface area contributed by atoms with Crippen molar-refractivity contribution in [2.24, 2.45) is 0 Å². The molecule has 0 bridgehead atoms. The Hall–Kier alpha value is -2.83. The molecule has 114 valence electrons. The highest BCUT2D eigenvalue weighted by molar-refractivity contribution is 6.04. The molecule has 0 atom stereocenters. The maximum absolute atomic E-state index is 12.1. The Labute approximate surface area is 126 Å². The van der Waals surface area contributed by atoms with E-state index in [1.165, 1.54) is 0 Å². The van der Waals surface area contributed by atoms with E-state index in [0.717, 1.165) is 12.8 Å². The van der Waals surface area contributed by atoms with E-state index in [2.05, 4.69) is 10.4 Å². The fraction of sp³-hybridized carbons (Fsp3) is 0.267. The molecule has 0 aliphatic heterocycles. The molecular formula is C15H15N3O4. The molecule has 7 heteroatoms. The number of rotatable bonds is 6. The number of anilines is 1. The summed E-state index contributed by atoms with van der Waals surface area (Å²) in [6, 6.07) is 7.02. The van der Waals surface area contributed by atoms with Gasteiger partial charge in [0.2, 0.25) is 0 Å². The summed E-state index contributed by atoms with van der Waals surface area (Å²) in [4.78, 5) is 22.6. The summed E-state index contributed by atoms with van der Waals surface area (Å²) in [6.07, 6.45) is 5.48. The van der Waals surface area contributed by atoms with Gasteiger partial charge in [0.05, 0.1) is 17.8 Å². The van der Waals surface area contributed by atoms with Crippen molar-refractivity contribution in [3.63, 3.8) is 0 Å². The SMILES string of the molecule is O=C(O)COc1cccc(NC(=O)c2cnn(C3CC3)c2)c1. The van der Waals surface area contributed by atoms with Gasteiger partial charge < -0.3 is 15.2 Å². The van der Waals surface area contributed by atoms with E-state index in [9.17, 15) is 9.59 Å². The largest absolute Gasteiger partial charge is 0.482 e. The molecule has 1 amide bonds. The number of carboxylic acids is 1. The number of nitrogens with zero attached hydrogens (tertiary/aromatic N) is 2. The van der Waals surface area contributed by atoms with Gasteiger partial charge in [-0.3, -0.25) is 9.48 Å². The fourth-order valence-corrected chi connectivity index (χ4v) is 2.01. The van der Waals surface area contributed by atoms with Crippen LogP contribution < -0.4 is 10.1 Å². The number of carbonyl (C=O) groups excluding carboxylic acids is 1. The van der Waals surface area contributed by atoms with Gasteiger partial charge in [-0.2, -0.15) is 5.10 Å². The summed E-state index contributed by atoms with van der Waals surface area (Å²) in [5.41, 5.74) is 1.02. The van der Waals surface area contributed by atoms with Gasteiger partial charge in [-0.25, -0.2) is 4.79 Å². The number of carbonyl (C=O) groups is 2. The molecule has 1 aliphatic carbocycles. The first-order valence-corrected chi connectivity index (χ1v) is 6.92. The molecule has 0 spiro atoms. The highest BCUT2D eigenvalue weighted by Crippen LogP contribution is 2.34. The molecule has 1 fully saturated rings. The molecule has 2 aromatic rings. The minimum Gasteiger partial charge on any atom is -0.482 e. The number of aliphatic carboxylic acids is 1. The van der Waals surface area contributed by atoms with Crippen molar-refractivity contribution >= 4 is 17.6 Å². The van der Waals surface area contributed by atoms with Crippen molar-refractivity contribution in [2.75, 3.05) is 11.9 Å². The van der Waals surface area contributed by atoms with E-state index < -0.39 is 12.6 Å². The monoisotopic (exact) mass is 301 g/mol. The summed E-state index contributed by atoms with van der Waals surface area (Å²) in [7, 11) is 0. The maximum Gasteiger partial charge on any atom is 0.341 e. The number of amides is 1. The Morgan fingerprint density at radius 3 is 2.95 bits per heavy atom. The van der Waals surface area contributed by atoms with E-state index >= 15 is 0 Å². The van der Waals surface area contributed by atoms with Crippen molar-refractivity contribution in [1.29, 1.82) is 0 Å². The maximum atomic E-state index is 12.1. The van der Waals surface area contributed by atoms with Gasteiger partial charge in [0.15, 0.2) is 6.61 Å². The molecule has 1 aromatic heterocycles. The van der Waals surface area contributed by atoms with Crippen LogP contribution in [0.1, 0.15) is 29.2 Å². The van der Waals surface area contributed by atoms with Gasteiger partial charge in [0.1, 0.15) is 5.75 Å². The van der Waals surface area contributed by atoms with E-state index in [4.69, 9.17) is 9.84 Å². The van der Waals surface area contributed by atoms with Gasteiger partial charge in [0.25, 0.3) is 5.91 Å². The van der Waals surface area contributed by atoms with Crippen LogP contribution in [0.3, 0.4) is 0 Å². The second-order valence-corrected chi connectivity index (χ2v) is 5.10. The predicted octanol–water partition coefficient (Wildman–Crippen LogP) is 1.93. The third-order valence-corrected chi connectivity index (χ3v) is 3.24. The number of ether oxygens (including phenoxy) is 1. The molecule has 22 heavy (non-hydrogen) atoms. The first-order valence-electron chi connectivity index (χ1n) is 6.92. The predicted molar refractivity (Wildman–Crippen MR) is 78.0 cm³/mol. The summed E-state index contributed by atoms with van der Waals surface area (Å²) >= 11 is 0. The summed E-state index contributed by atoms with van der Waals surface area (Å²) < 4.78 is 6.88. The molecule has 1 aromatic carbocycles. The number of hydrogen-bond acceptors (Lipinski definition) is 4. The Kier molecular flexibility index (Phi) is 3.78. The quantitative estimate of drug-likeness (QED) is 0.850. The lowest BCUT2D eigenvalue weighted by Crippen LogP contribution is -2.12. The van der Waals surface area contributed by atoms with Crippen LogP contribution in [0.25, 0.3) is 0 Å². The number of hydrogen-bond donors (Lipinski definition) is 2. The third kappa shape index (κ3) is 3.43. The molecule has 1 saturated carbocycles. The second kappa shape index (κ2) is 5.88. The van der Waals surface area contributed by atoms with Crippen molar-refractivity contribution in [3.05, 3.63) is 42.2 Å². The van der Waals surface area contributed by atoms with Gasteiger partial charge in [-0.05, 0) is 25.0 Å². The van der Waals surface area contributed by atoms with Gasteiger partial charge in [-0.15, -0.1) is 0 Å². The zero-order valence-electron chi connectivity index (χ0n) is 11.7. The van der Waals surface area contributed by atoms with Crippen LogP contribution in [0, 0.1) is 0 Å². The number of benzene rings is 1. The van der Waals surface area contributed by atoms with Crippen LogP contribution >= 0.6 is 0 Å². The minimum atomic E-state index is -1.05. The van der Waals surface area contributed by atoms with Gasteiger partial charge >= 0.3 is 5.97 Å². The average Bonchev–Trinajstić information content (AvgIpc) is 3.22. The molecule has 0 radical (unpaired) electrons. The Morgan fingerprint density at radius 2 is 2.23 bits per heavy atom. The van der Waals surface area contributed by atoms with Crippen LogP contribution in [0.15, 0.2) is 36.7 Å². The van der Waals surface area contributed by atoms with Crippen LogP contribution in [0.2, 0.25) is 0 Å². The van der Waals surface area contributed by atoms with Crippen molar-refractivity contribution in [2.45, 2.75) is 18.9 Å². The van der Waals surface area contributed by atoms with E-state index in [-0.39, 0.29) is 5.91 Å². The van der Waals surface area contributed by atoms with Crippen molar-refractivity contribution < 1.29 is 19.4 Å². The Balaban J connectivity index is 1.64. The van der Waals surface area contributed by atoms with Crippen molar-refractivity contribution in [1.82, 2.24) is 9.78 Å². The standard InChI is InChI=1S/C15H15N3O4/c19-14(20)9-22-13-3-1-2-11(6-13)17-15(21)10-7-16-18(8-10)12-4-5-12/h1-3,6-8,12H,4-5,9H2,(H,17,21)(H,19,20). The third-order valence-electron chi connectivity index (χ3n) is 3.24.